The second kappa shape index (κ2) is 7.96. The summed E-state index contributed by atoms with van der Waals surface area (Å²) >= 11 is 0. The maximum absolute atomic E-state index is 13.6. The van der Waals surface area contributed by atoms with E-state index in [9.17, 15) is 8.78 Å². The van der Waals surface area contributed by atoms with Crippen LogP contribution in [0.1, 0.15) is 36.5 Å². The van der Waals surface area contributed by atoms with Crippen LogP contribution in [0.15, 0.2) is 48.5 Å². The molecule has 0 aromatic heterocycles. The number of nitrogens with one attached hydrogen (secondary N) is 1. The third kappa shape index (κ3) is 4.79. The zero-order valence-electron chi connectivity index (χ0n) is 14.8. The Balaban J connectivity index is 1.42. The van der Waals surface area contributed by atoms with Crippen molar-refractivity contribution in [3.63, 3.8) is 0 Å². The summed E-state index contributed by atoms with van der Waals surface area (Å²) < 4.78 is 27.2. The number of fused-ring (bicyclic) bond motifs is 1. The van der Waals surface area contributed by atoms with E-state index in [1.807, 2.05) is 0 Å². The summed E-state index contributed by atoms with van der Waals surface area (Å²) in [5.41, 5.74) is 3.52. The van der Waals surface area contributed by atoms with Crippen LogP contribution in [0.3, 0.4) is 0 Å². The van der Waals surface area contributed by atoms with Gasteiger partial charge in [0, 0.05) is 37.8 Å². The van der Waals surface area contributed by atoms with Crippen molar-refractivity contribution >= 4 is 5.69 Å². The van der Waals surface area contributed by atoms with E-state index in [0.29, 0.717) is 5.69 Å². The molecule has 0 saturated heterocycles. The molecule has 3 rings (SSSR count). The largest absolute Gasteiger partial charge is 0.385 e. The minimum Gasteiger partial charge on any atom is -0.385 e. The molecule has 134 valence electrons. The fraction of sp³-hybridized carbons (Fsp3) is 0.429. The number of hydrogen-bond acceptors (Lipinski definition) is 2. The number of hydrogen-bond donors (Lipinski definition) is 1. The van der Waals surface area contributed by atoms with Gasteiger partial charge in [-0.2, -0.15) is 0 Å². The molecule has 2 aromatic carbocycles. The van der Waals surface area contributed by atoms with Gasteiger partial charge in [-0.15, -0.1) is 0 Å². The molecule has 2 aromatic rings. The lowest BCUT2D eigenvalue weighted by Gasteiger charge is -2.28. The van der Waals surface area contributed by atoms with Crippen LogP contribution in [0.5, 0.6) is 0 Å². The first kappa shape index (κ1) is 17.9. The Kier molecular flexibility index (Phi) is 5.69. The van der Waals surface area contributed by atoms with Crippen molar-refractivity contribution in [3.8, 4) is 0 Å². The molecule has 0 radical (unpaired) electrons. The Labute approximate surface area is 148 Å². The van der Waals surface area contributed by atoms with Gasteiger partial charge in [0.1, 0.15) is 0 Å². The number of alkyl halides is 2. The van der Waals surface area contributed by atoms with E-state index in [-0.39, 0.29) is 5.56 Å². The van der Waals surface area contributed by atoms with Gasteiger partial charge in [0.05, 0.1) is 0 Å². The summed E-state index contributed by atoms with van der Waals surface area (Å²) in [5.74, 6) is -2.81. The highest BCUT2D eigenvalue weighted by Crippen LogP contribution is 2.32. The lowest BCUT2D eigenvalue weighted by molar-refractivity contribution is 0.0182. The van der Waals surface area contributed by atoms with Crippen LogP contribution in [0.25, 0.3) is 0 Å². The Morgan fingerprint density at radius 2 is 1.72 bits per heavy atom. The number of halogens is 2. The minimum atomic E-state index is -2.81. The molecule has 1 N–H and O–H groups in total. The molecule has 1 heterocycles. The fourth-order valence-electron chi connectivity index (χ4n) is 3.45. The SMILES string of the molecule is CC(F)(F)c1ccccc1NCCCCN1CCc2ccccc2C1. The molecule has 0 bridgehead atoms. The number of anilines is 1. The van der Waals surface area contributed by atoms with E-state index >= 15 is 0 Å². The predicted molar refractivity (Wildman–Crippen MR) is 99.2 cm³/mol. The molecule has 0 aliphatic carbocycles. The Morgan fingerprint density at radius 3 is 2.52 bits per heavy atom. The van der Waals surface area contributed by atoms with E-state index in [2.05, 4.69) is 34.5 Å². The van der Waals surface area contributed by atoms with Crippen LogP contribution in [-0.4, -0.2) is 24.5 Å². The molecular formula is C21H26F2N2. The van der Waals surface area contributed by atoms with Crippen LogP contribution in [0.2, 0.25) is 0 Å². The first-order valence-electron chi connectivity index (χ1n) is 9.04. The molecule has 0 unspecified atom stereocenters. The van der Waals surface area contributed by atoms with Crippen molar-refractivity contribution in [1.82, 2.24) is 4.90 Å². The maximum atomic E-state index is 13.6. The molecule has 1 aliphatic rings. The number of benzene rings is 2. The monoisotopic (exact) mass is 344 g/mol. The maximum Gasteiger partial charge on any atom is 0.272 e. The van der Waals surface area contributed by atoms with Gasteiger partial charge in [-0.3, -0.25) is 4.90 Å². The molecular weight excluding hydrogens is 318 g/mol. The third-order valence-electron chi connectivity index (χ3n) is 4.83. The highest BCUT2D eigenvalue weighted by Gasteiger charge is 2.27. The molecule has 0 saturated carbocycles. The topological polar surface area (TPSA) is 15.3 Å². The lowest BCUT2D eigenvalue weighted by atomic mass is 10.00. The van der Waals surface area contributed by atoms with Gasteiger partial charge in [0.25, 0.3) is 5.92 Å². The zero-order chi connectivity index (χ0) is 17.7. The van der Waals surface area contributed by atoms with Crippen molar-refractivity contribution in [2.24, 2.45) is 0 Å². The number of para-hydroxylation sites is 1. The molecule has 0 amide bonds. The van der Waals surface area contributed by atoms with E-state index in [0.717, 1.165) is 52.4 Å². The molecule has 25 heavy (non-hydrogen) atoms. The van der Waals surface area contributed by atoms with Crippen LogP contribution in [0, 0.1) is 0 Å². The number of rotatable bonds is 7. The van der Waals surface area contributed by atoms with Gasteiger partial charge in [0.15, 0.2) is 0 Å². The van der Waals surface area contributed by atoms with E-state index in [1.54, 1.807) is 18.2 Å². The quantitative estimate of drug-likeness (QED) is 0.707. The van der Waals surface area contributed by atoms with Crippen molar-refractivity contribution in [2.45, 2.75) is 38.7 Å². The normalized spacial score (nSPS) is 15.0. The Bertz CT molecular complexity index is 694. The van der Waals surface area contributed by atoms with Crippen molar-refractivity contribution in [2.75, 3.05) is 25.0 Å². The summed E-state index contributed by atoms with van der Waals surface area (Å²) in [6.07, 6.45) is 3.16. The second-order valence-electron chi connectivity index (χ2n) is 6.86. The van der Waals surface area contributed by atoms with Gasteiger partial charge < -0.3 is 5.32 Å². The molecule has 0 atom stereocenters. The summed E-state index contributed by atoms with van der Waals surface area (Å²) in [5, 5.41) is 3.17. The standard InChI is InChI=1S/C21H26F2N2/c1-21(22,23)19-10-4-5-11-20(19)24-13-6-7-14-25-15-12-17-8-2-3-9-18(17)16-25/h2-5,8-11,24H,6-7,12-16H2,1H3. The van der Waals surface area contributed by atoms with Gasteiger partial charge in [-0.1, -0.05) is 42.5 Å². The van der Waals surface area contributed by atoms with Gasteiger partial charge >= 0.3 is 0 Å². The van der Waals surface area contributed by atoms with Crippen LogP contribution in [-0.2, 0) is 18.9 Å². The van der Waals surface area contributed by atoms with Crippen LogP contribution >= 0.6 is 0 Å². The Hall–Kier alpha value is -1.94. The highest BCUT2D eigenvalue weighted by molar-refractivity contribution is 5.52. The summed E-state index contributed by atoms with van der Waals surface area (Å²) in [6.45, 7) is 4.85. The van der Waals surface area contributed by atoms with Gasteiger partial charge in [0.2, 0.25) is 0 Å². The number of nitrogens with zero attached hydrogens (tertiary/aromatic N) is 1. The van der Waals surface area contributed by atoms with Crippen LogP contribution < -0.4 is 5.32 Å². The third-order valence-corrected chi connectivity index (χ3v) is 4.83. The van der Waals surface area contributed by atoms with Crippen molar-refractivity contribution in [1.29, 1.82) is 0 Å². The molecule has 0 spiro atoms. The highest BCUT2D eigenvalue weighted by atomic mass is 19.3. The van der Waals surface area contributed by atoms with Crippen molar-refractivity contribution in [3.05, 3.63) is 65.2 Å². The smallest absolute Gasteiger partial charge is 0.272 e. The first-order chi connectivity index (χ1) is 12.0. The summed E-state index contributed by atoms with van der Waals surface area (Å²) in [6, 6.07) is 15.3. The number of unbranched alkanes of at least 4 members (excludes halogenated alkanes) is 1. The van der Waals surface area contributed by atoms with Crippen molar-refractivity contribution < 1.29 is 8.78 Å². The molecule has 0 fully saturated rings. The molecule has 1 aliphatic heterocycles. The average molecular weight is 344 g/mol. The fourth-order valence-corrected chi connectivity index (χ4v) is 3.45. The predicted octanol–water partition coefficient (Wildman–Crippen LogP) is 5.05. The zero-order valence-corrected chi connectivity index (χ0v) is 14.8. The first-order valence-corrected chi connectivity index (χ1v) is 9.04. The second-order valence-corrected chi connectivity index (χ2v) is 6.86. The van der Waals surface area contributed by atoms with Gasteiger partial charge in [-0.05, 0) is 43.0 Å². The van der Waals surface area contributed by atoms with E-state index in [1.165, 1.54) is 17.2 Å². The average Bonchev–Trinajstić information content (AvgIpc) is 2.61. The Morgan fingerprint density at radius 1 is 1.00 bits per heavy atom. The lowest BCUT2D eigenvalue weighted by Crippen LogP contribution is -2.31. The van der Waals surface area contributed by atoms with E-state index in [4.69, 9.17) is 0 Å². The van der Waals surface area contributed by atoms with E-state index < -0.39 is 5.92 Å². The summed E-state index contributed by atoms with van der Waals surface area (Å²) in [4.78, 5) is 2.48. The minimum absolute atomic E-state index is 0.0719. The summed E-state index contributed by atoms with van der Waals surface area (Å²) in [7, 11) is 0. The van der Waals surface area contributed by atoms with Gasteiger partial charge in [-0.25, -0.2) is 8.78 Å². The molecule has 2 nitrogen and oxygen atoms in total. The van der Waals surface area contributed by atoms with Crippen LogP contribution in [0.4, 0.5) is 14.5 Å². The molecule has 4 heteroatoms.